The predicted molar refractivity (Wildman–Crippen MR) is 126 cm³/mol. The van der Waals surface area contributed by atoms with E-state index >= 15 is 0 Å². The molecule has 0 spiro atoms. The molecular formula is C24H30Cl2N2O3. The molecule has 1 atom stereocenters. The van der Waals surface area contributed by atoms with Crippen molar-refractivity contribution in [2.45, 2.75) is 58.7 Å². The van der Waals surface area contributed by atoms with Crippen LogP contribution < -0.4 is 10.1 Å². The van der Waals surface area contributed by atoms with Crippen molar-refractivity contribution in [3.8, 4) is 5.75 Å². The van der Waals surface area contributed by atoms with Gasteiger partial charge in [-0.1, -0.05) is 54.4 Å². The Morgan fingerprint density at radius 1 is 1.10 bits per heavy atom. The van der Waals surface area contributed by atoms with Gasteiger partial charge in [-0.15, -0.1) is 0 Å². The summed E-state index contributed by atoms with van der Waals surface area (Å²) in [6, 6.07) is 14.0. The Morgan fingerprint density at radius 3 is 2.42 bits per heavy atom. The molecule has 0 aromatic heterocycles. The van der Waals surface area contributed by atoms with Crippen molar-refractivity contribution < 1.29 is 14.3 Å². The summed E-state index contributed by atoms with van der Waals surface area (Å²) in [5, 5.41) is 3.91. The van der Waals surface area contributed by atoms with Crippen LogP contribution in [-0.2, 0) is 16.1 Å². The van der Waals surface area contributed by atoms with Crippen molar-refractivity contribution >= 4 is 35.0 Å². The Kier molecular flexibility index (Phi) is 10.2. The number of ether oxygens (including phenoxy) is 1. The highest BCUT2D eigenvalue weighted by Crippen LogP contribution is 2.24. The normalized spacial score (nSPS) is 11.8. The number of hydrogen-bond donors (Lipinski definition) is 1. The van der Waals surface area contributed by atoms with Crippen LogP contribution in [0.4, 0.5) is 0 Å². The lowest BCUT2D eigenvalue weighted by Crippen LogP contribution is -2.50. The maximum atomic E-state index is 13.1. The van der Waals surface area contributed by atoms with Crippen molar-refractivity contribution in [3.05, 3.63) is 64.1 Å². The maximum absolute atomic E-state index is 13.1. The van der Waals surface area contributed by atoms with Crippen molar-refractivity contribution in [1.29, 1.82) is 0 Å². The SMILES string of the molecule is CCC(C(=O)NC(C)C)N(Cc1ccc(Cl)cc1Cl)C(=O)CCCOc1ccccc1. The standard InChI is InChI=1S/C24H30Cl2N2O3/c1-4-22(24(30)27-17(2)3)28(16-18-12-13-19(25)15-21(18)26)23(29)11-8-14-31-20-9-6-5-7-10-20/h5-7,9-10,12-13,15,17,22H,4,8,11,14,16H2,1-3H3,(H,27,30). The fraction of sp³-hybridized carbons (Fsp3) is 0.417. The van der Waals surface area contributed by atoms with Gasteiger partial charge in [0.2, 0.25) is 11.8 Å². The molecule has 0 aliphatic heterocycles. The first-order valence-corrected chi connectivity index (χ1v) is 11.3. The van der Waals surface area contributed by atoms with Crippen molar-refractivity contribution in [1.82, 2.24) is 10.2 Å². The largest absolute Gasteiger partial charge is 0.494 e. The second-order valence-electron chi connectivity index (χ2n) is 7.61. The molecule has 1 unspecified atom stereocenters. The van der Waals surface area contributed by atoms with Gasteiger partial charge in [0.15, 0.2) is 0 Å². The second kappa shape index (κ2) is 12.6. The maximum Gasteiger partial charge on any atom is 0.243 e. The lowest BCUT2D eigenvalue weighted by atomic mass is 10.1. The minimum atomic E-state index is -0.586. The van der Waals surface area contributed by atoms with Crippen LogP contribution in [0.2, 0.25) is 10.0 Å². The lowest BCUT2D eigenvalue weighted by Gasteiger charge is -2.31. The van der Waals surface area contributed by atoms with Gasteiger partial charge in [-0.05, 0) is 56.5 Å². The highest BCUT2D eigenvalue weighted by atomic mass is 35.5. The molecule has 0 fully saturated rings. The molecule has 7 heteroatoms. The Labute approximate surface area is 194 Å². The van der Waals surface area contributed by atoms with Crippen LogP contribution in [0.25, 0.3) is 0 Å². The molecule has 0 aliphatic rings. The van der Waals surface area contributed by atoms with Gasteiger partial charge in [-0.3, -0.25) is 9.59 Å². The fourth-order valence-electron chi connectivity index (χ4n) is 3.21. The third-order valence-corrected chi connectivity index (χ3v) is 5.31. The molecule has 2 rings (SSSR count). The number of hydrogen-bond acceptors (Lipinski definition) is 3. The monoisotopic (exact) mass is 464 g/mol. The molecule has 1 N–H and O–H groups in total. The van der Waals surface area contributed by atoms with Gasteiger partial charge in [0.1, 0.15) is 11.8 Å². The van der Waals surface area contributed by atoms with Gasteiger partial charge in [0.05, 0.1) is 6.61 Å². The topological polar surface area (TPSA) is 58.6 Å². The molecule has 2 amide bonds. The average Bonchev–Trinajstić information content (AvgIpc) is 2.72. The summed E-state index contributed by atoms with van der Waals surface area (Å²) in [5.41, 5.74) is 0.746. The van der Waals surface area contributed by atoms with E-state index in [2.05, 4.69) is 5.32 Å². The van der Waals surface area contributed by atoms with Crippen LogP contribution in [-0.4, -0.2) is 35.4 Å². The van der Waals surface area contributed by atoms with Gasteiger partial charge < -0.3 is 15.0 Å². The number of halogens is 2. The van der Waals surface area contributed by atoms with E-state index in [0.29, 0.717) is 29.5 Å². The molecule has 168 valence electrons. The third kappa shape index (κ3) is 8.08. The number of rotatable bonds is 11. The molecule has 0 saturated heterocycles. The van der Waals surface area contributed by atoms with E-state index in [1.54, 1.807) is 23.1 Å². The summed E-state index contributed by atoms with van der Waals surface area (Å²) in [7, 11) is 0. The summed E-state index contributed by atoms with van der Waals surface area (Å²) >= 11 is 12.3. The third-order valence-electron chi connectivity index (χ3n) is 4.72. The number of para-hydroxylation sites is 1. The molecule has 2 aromatic carbocycles. The van der Waals surface area contributed by atoms with E-state index in [-0.39, 0.29) is 30.8 Å². The van der Waals surface area contributed by atoms with E-state index in [4.69, 9.17) is 27.9 Å². The molecule has 31 heavy (non-hydrogen) atoms. The second-order valence-corrected chi connectivity index (χ2v) is 8.45. The van der Waals surface area contributed by atoms with Gasteiger partial charge >= 0.3 is 0 Å². The zero-order valence-corrected chi connectivity index (χ0v) is 19.7. The summed E-state index contributed by atoms with van der Waals surface area (Å²) in [6.45, 7) is 6.34. The Bertz CT molecular complexity index is 859. The zero-order chi connectivity index (χ0) is 22.8. The first-order chi connectivity index (χ1) is 14.8. The summed E-state index contributed by atoms with van der Waals surface area (Å²) in [5.74, 6) is 0.479. The van der Waals surface area contributed by atoms with Crippen molar-refractivity contribution in [3.63, 3.8) is 0 Å². The summed E-state index contributed by atoms with van der Waals surface area (Å²) in [4.78, 5) is 27.5. The van der Waals surface area contributed by atoms with Gasteiger partial charge in [-0.25, -0.2) is 0 Å². The predicted octanol–water partition coefficient (Wildman–Crippen LogP) is 5.48. The number of nitrogens with zero attached hydrogens (tertiary/aromatic N) is 1. The van der Waals surface area contributed by atoms with Crippen molar-refractivity contribution in [2.24, 2.45) is 0 Å². The van der Waals surface area contributed by atoms with E-state index in [1.807, 2.05) is 51.1 Å². The van der Waals surface area contributed by atoms with Crippen LogP contribution in [0, 0.1) is 0 Å². The summed E-state index contributed by atoms with van der Waals surface area (Å²) < 4.78 is 5.69. The Balaban J connectivity index is 2.10. The number of amides is 2. The number of benzene rings is 2. The number of nitrogens with one attached hydrogen (secondary N) is 1. The molecule has 0 radical (unpaired) electrons. The molecule has 0 heterocycles. The van der Waals surface area contributed by atoms with Gasteiger partial charge in [-0.2, -0.15) is 0 Å². The van der Waals surface area contributed by atoms with Crippen LogP contribution in [0.15, 0.2) is 48.5 Å². The quantitative estimate of drug-likeness (QED) is 0.447. The molecule has 0 aliphatic carbocycles. The number of carbonyl (C=O) groups excluding carboxylic acids is 2. The lowest BCUT2D eigenvalue weighted by molar-refractivity contribution is -0.141. The van der Waals surface area contributed by atoms with Crippen LogP contribution in [0.5, 0.6) is 5.75 Å². The Morgan fingerprint density at radius 2 is 1.81 bits per heavy atom. The van der Waals surface area contributed by atoms with Crippen LogP contribution in [0.3, 0.4) is 0 Å². The first kappa shape index (κ1) is 25.0. The highest BCUT2D eigenvalue weighted by molar-refractivity contribution is 6.35. The minimum absolute atomic E-state index is 0.0168. The zero-order valence-electron chi connectivity index (χ0n) is 18.2. The van der Waals surface area contributed by atoms with Crippen LogP contribution in [0.1, 0.15) is 45.6 Å². The molecular weight excluding hydrogens is 435 g/mol. The Hall–Kier alpha value is -2.24. The first-order valence-electron chi connectivity index (χ1n) is 10.5. The molecule has 5 nitrogen and oxygen atoms in total. The van der Waals surface area contributed by atoms with Gasteiger partial charge in [0, 0.05) is 29.1 Å². The molecule has 0 saturated carbocycles. The molecule has 2 aromatic rings. The summed E-state index contributed by atoms with van der Waals surface area (Å²) in [6.07, 6.45) is 1.31. The minimum Gasteiger partial charge on any atom is -0.494 e. The average molecular weight is 465 g/mol. The number of carbonyl (C=O) groups is 2. The smallest absolute Gasteiger partial charge is 0.243 e. The van der Waals surface area contributed by atoms with Crippen LogP contribution >= 0.6 is 23.2 Å². The van der Waals surface area contributed by atoms with Gasteiger partial charge in [0.25, 0.3) is 0 Å². The van der Waals surface area contributed by atoms with E-state index in [9.17, 15) is 9.59 Å². The fourth-order valence-corrected chi connectivity index (χ4v) is 3.68. The van der Waals surface area contributed by atoms with E-state index in [0.717, 1.165) is 11.3 Å². The van der Waals surface area contributed by atoms with E-state index < -0.39 is 6.04 Å². The highest BCUT2D eigenvalue weighted by Gasteiger charge is 2.29. The molecule has 0 bridgehead atoms. The van der Waals surface area contributed by atoms with Crippen molar-refractivity contribution in [2.75, 3.05) is 6.61 Å². The van der Waals surface area contributed by atoms with E-state index in [1.165, 1.54) is 0 Å².